The maximum Gasteiger partial charge on any atom is 0.326 e. The highest BCUT2D eigenvalue weighted by molar-refractivity contribution is 6.30. The second-order valence-corrected chi connectivity index (χ2v) is 4.42. The van der Waals surface area contributed by atoms with Gasteiger partial charge < -0.3 is 15.2 Å². The monoisotopic (exact) mass is 299 g/mol. The number of esters is 1. The first-order chi connectivity index (χ1) is 9.43. The molecular weight excluding hydrogens is 286 g/mol. The average Bonchev–Trinajstić information content (AvgIpc) is 2.43. The molecule has 1 atom stereocenters. The Labute approximate surface area is 120 Å². The molecule has 0 aromatic heterocycles. The number of hydrogen-bond donors (Lipinski definition) is 2. The van der Waals surface area contributed by atoms with Crippen molar-refractivity contribution >= 4 is 29.4 Å². The highest BCUT2D eigenvalue weighted by Gasteiger charge is 2.21. The summed E-state index contributed by atoms with van der Waals surface area (Å²) >= 11 is 5.70. The van der Waals surface area contributed by atoms with Gasteiger partial charge in [0.2, 0.25) is 0 Å². The molecule has 108 valence electrons. The van der Waals surface area contributed by atoms with Crippen LogP contribution in [0.4, 0.5) is 0 Å². The van der Waals surface area contributed by atoms with E-state index in [0.717, 1.165) is 0 Å². The van der Waals surface area contributed by atoms with E-state index in [1.807, 2.05) is 0 Å². The van der Waals surface area contributed by atoms with Crippen molar-refractivity contribution in [3.63, 3.8) is 0 Å². The van der Waals surface area contributed by atoms with E-state index in [4.69, 9.17) is 16.7 Å². The molecule has 20 heavy (non-hydrogen) atoms. The van der Waals surface area contributed by atoms with Gasteiger partial charge in [-0.15, -0.1) is 0 Å². The Hall–Kier alpha value is -2.08. The van der Waals surface area contributed by atoms with E-state index in [9.17, 15) is 14.4 Å². The summed E-state index contributed by atoms with van der Waals surface area (Å²) in [5, 5.41) is 11.8. The van der Waals surface area contributed by atoms with Crippen LogP contribution in [0.2, 0.25) is 5.02 Å². The highest BCUT2D eigenvalue weighted by atomic mass is 35.5. The molecule has 0 saturated carbocycles. The molecule has 0 bridgehead atoms. The van der Waals surface area contributed by atoms with Crippen molar-refractivity contribution in [2.24, 2.45) is 0 Å². The fraction of sp³-hybridized carbons (Fsp3) is 0.308. The van der Waals surface area contributed by atoms with Crippen molar-refractivity contribution < 1.29 is 24.2 Å². The van der Waals surface area contributed by atoms with Crippen LogP contribution in [0.25, 0.3) is 0 Å². The van der Waals surface area contributed by atoms with Gasteiger partial charge >= 0.3 is 11.9 Å². The minimum absolute atomic E-state index is 0.0403. The van der Waals surface area contributed by atoms with Gasteiger partial charge in [0.15, 0.2) is 0 Å². The van der Waals surface area contributed by atoms with Crippen LogP contribution in [0, 0.1) is 0 Å². The van der Waals surface area contributed by atoms with E-state index in [2.05, 4.69) is 10.1 Å². The van der Waals surface area contributed by atoms with Crippen LogP contribution in [-0.2, 0) is 14.3 Å². The van der Waals surface area contributed by atoms with E-state index in [0.29, 0.717) is 10.6 Å². The first-order valence-corrected chi connectivity index (χ1v) is 6.18. The number of aliphatic carboxylic acids is 1. The molecular formula is C13H14ClNO5. The summed E-state index contributed by atoms with van der Waals surface area (Å²) in [6, 6.07) is 4.87. The highest BCUT2D eigenvalue weighted by Crippen LogP contribution is 2.10. The molecule has 2 N–H and O–H groups in total. The number of carboxylic acids is 1. The van der Waals surface area contributed by atoms with Gasteiger partial charge in [-0.25, -0.2) is 4.79 Å². The Bertz CT molecular complexity index is 500. The van der Waals surface area contributed by atoms with Gasteiger partial charge in [-0.3, -0.25) is 9.59 Å². The SMILES string of the molecule is COC(=O)CC[C@@H](NC(=O)c1ccc(Cl)cc1)C(=O)O. The lowest BCUT2D eigenvalue weighted by Gasteiger charge is -2.13. The fourth-order valence-corrected chi connectivity index (χ4v) is 1.59. The summed E-state index contributed by atoms with van der Waals surface area (Å²) in [7, 11) is 1.21. The van der Waals surface area contributed by atoms with Gasteiger partial charge in [-0.1, -0.05) is 11.6 Å². The van der Waals surface area contributed by atoms with E-state index < -0.39 is 23.9 Å². The number of nitrogens with one attached hydrogen (secondary N) is 1. The number of carbonyl (C=O) groups is 3. The molecule has 0 heterocycles. The second kappa shape index (κ2) is 7.49. The summed E-state index contributed by atoms with van der Waals surface area (Å²) in [4.78, 5) is 33.9. The molecule has 0 spiro atoms. The number of rotatable bonds is 6. The maximum atomic E-state index is 11.9. The molecule has 0 fully saturated rings. The molecule has 1 aromatic carbocycles. The molecule has 0 aliphatic heterocycles. The normalized spacial score (nSPS) is 11.5. The fourth-order valence-electron chi connectivity index (χ4n) is 1.46. The Kier molecular flexibility index (Phi) is 5.99. The first kappa shape index (κ1) is 16.0. The number of methoxy groups -OCH3 is 1. The van der Waals surface area contributed by atoms with Crippen LogP contribution >= 0.6 is 11.6 Å². The Morgan fingerprint density at radius 1 is 1.30 bits per heavy atom. The molecule has 1 rings (SSSR count). The van der Waals surface area contributed by atoms with Gasteiger partial charge in [-0.2, -0.15) is 0 Å². The number of halogens is 1. The van der Waals surface area contributed by atoms with Crippen molar-refractivity contribution in [3.8, 4) is 0 Å². The quantitative estimate of drug-likeness (QED) is 0.776. The third-order valence-corrected chi connectivity index (χ3v) is 2.83. The lowest BCUT2D eigenvalue weighted by Crippen LogP contribution is -2.41. The summed E-state index contributed by atoms with van der Waals surface area (Å²) in [5.74, 6) is -2.29. The van der Waals surface area contributed by atoms with Crippen LogP contribution in [0.5, 0.6) is 0 Å². The predicted molar refractivity (Wildman–Crippen MR) is 71.6 cm³/mol. The lowest BCUT2D eigenvalue weighted by molar-refractivity contribution is -0.142. The number of carbonyl (C=O) groups excluding carboxylic acids is 2. The third kappa shape index (κ3) is 4.89. The average molecular weight is 300 g/mol. The van der Waals surface area contributed by atoms with Crippen molar-refractivity contribution in [2.75, 3.05) is 7.11 Å². The van der Waals surface area contributed by atoms with E-state index in [1.165, 1.54) is 31.4 Å². The smallest absolute Gasteiger partial charge is 0.326 e. The minimum Gasteiger partial charge on any atom is -0.480 e. The minimum atomic E-state index is -1.21. The van der Waals surface area contributed by atoms with Gasteiger partial charge in [0.1, 0.15) is 6.04 Å². The molecule has 1 amide bonds. The molecule has 0 saturated heterocycles. The topological polar surface area (TPSA) is 92.7 Å². The summed E-state index contributed by atoms with van der Waals surface area (Å²) in [6.07, 6.45) is -0.129. The summed E-state index contributed by atoms with van der Waals surface area (Å²) in [6.45, 7) is 0. The van der Waals surface area contributed by atoms with E-state index in [1.54, 1.807) is 0 Å². The van der Waals surface area contributed by atoms with Crippen LogP contribution in [0.15, 0.2) is 24.3 Å². The Balaban J connectivity index is 2.65. The standard InChI is InChI=1S/C13H14ClNO5/c1-20-11(16)7-6-10(13(18)19)15-12(17)8-2-4-9(14)5-3-8/h2-5,10H,6-7H2,1H3,(H,15,17)(H,18,19)/t10-/m1/s1. The molecule has 0 unspecified atom stereocenters. The largest absolute Gasteiger partial charge is 0.480 e. The van der Waals surface area contributed by atoms with Crippen LogP contribution in [0.3, 0.4) is 0 Å². The maximum absolute atomic E-state index is 11.9. The summed E-state index contributed by atoms with van der Waals surface area (Å²) < 4.78 is 4.42. The number of amides is 1. The van der Waals surface area contributed by atoms with Gasteiger partial charge in [-0.05, 0) is 30.7 Å². The molecule has 7 heteroatoms. The summed E-state index contributed by atoms with van der Waals surface area (Å²) in [5.41, 5.74) is 0.290. The number of benzene rings is 1. The lowest BCUT2D eigenvalue weighted by atomic mass is 10.1. The van der Waals surface area contributed by atoms with Gasteiger partial charge in [0.25, 0.3) is 5.91 Å². The Morgan fingerprint density at radius 2 is 1.90 bits per heavy atom. The van der Waals surface area contributed by atoms with Crippen LogP contribution < -0.4 is 5.32 Å². The number of ether oxygens (including phenoxy) is 1. The predicted octanol–water partition coefficient (Wildman–Crippen LogP) is 1.48. The third-order valence-electron chi connectivity index (χ3n) is 2.57. The van der Waals surface area contributed by atoms with E-state index >= 15 is 0 Å². The van der Waals surface area contributed by atoms with Gasteiger partial charge in [0, 0.05) is 17.0 Å². The second-order valence-electron chi connectivity index (χ2n) is 3.99. The van der Waals surface area contributed by atoms with Crippen LogP contribution in [0.1, 0.15) is 23.2 Å². The Morgan fingerprint density at radius 3 is 2.40 bits per heavy atom. The number of carboxylic acid groups (broad SMARTS) is 1. The zero-order valence-corrected chi connectivity index (χ0v) is 11.5. The molecule has 0 aliphatic carbocycles. The molecule has 0 radical (unpaired) electrons. The van der Waals surface area contributed by atoms with E-state index in [-0.39, 0.29) is 12.8 Å². The molecule has 1 aromatic rings. The zero-order chi connectivity index (χ0) is 15.1. The van der Waals surface area contributed by atoms with Gasteiger partial charge in [0.05, 0.1) is 7.11 Å². The molecule has 6 nitrogen and oxygen atoms in total. The first-order valence-electron chi connectivity index (χ1n) is 5.80. The molecule has 0 aliphatic rings. The van der Waals surface area contributed by atoms with Crippen LogP contribution in [-0.4, -0.2) is 36.1 Å². The van der Waals surface area contributed by atoms with Crippen molar-refractivity contribution in [2.45, 2.75) is 18.9 Å². The number of hydrogen-bond acceptors (Lipinski definition) is 4. The van der Waals surface area contributed by atoms with Crippen molar-refractivity contribution in [1.29, 1.82) is 0 Å². The zero-order valence-electron chi connectivity index (χ0n) is 10.8. The van der Waals surface area contributed by atoms with Crippen molar-refractivity contribution in [1.82, 2.24) is 5.32 Å². The van der Waals surface area contributed by atoms with Crippen molar-refractivity contribution in [3.05, 3.63) is 34.9 Å².